The molecule has 2 saturated heterocycles. The molecule has 0 radical (unpaired) electrons. The van der Waals surface area contributed by atoms with E-state index in [4.69, 9.17) is 21.1 Å². The van der Waals surface area contributed by atoms with E-state index in [1.54, 1.807) is 5.01 Å². The molecule has 7 heteroatoms. The van der Waals surface area contributed by atoms with Gasteiger partial charge >= 0.3 is 0 Å². The highest BCUT2D eigenvalue weighted by atomic mass is 16.6. The summed E-state index contributed by atoms with van der Waals surface area (Å²) in [6, 6.07) is -0.192. The Morgan fingerprint density at radius 2 is 1.88 bits per heavy atom. The van der Waals surface area contributed by atoms with Crippen molar-refractivity contribution < 1.29 is 14.3 Å². The maximum absolute atomic E-state index is 12.0. The maximum Gasteiger partial charge on any atom is 0.222 e. The molecule has 148 valence electrons. The Hall–Kier alpha value is -1.31. The Morgan fingerprint density at radius 1 is 1.19 bits per heavy atom. The molecule has 4 atom stereocenters. The molecule has 3 aliphatic rings. The largest absolute Gasteiger partial charge is 0.401 e. The lowest BCUT2D eigenvalue weighted by molar-refractivity contribution is -0.125. The van der Waals surface area contributed by atoms with E-state index in [2.05, 4.69) is 5.32 Å². The van der Waals surface area contributed by atoms with Crippen molar-refractivity contribution >= 4 is 5.91 Å². The van der Waals surface area contributed by atoms with Crippen molar-refractivity contribution in [3.63, 3.8) is 0 Å². The second-order valence-corrected chi connectivity index (χ2v) is 8.29. The van der Waals surface area contributed by atoms with Crippen molar-refractivity contribution in [3.8, 4) is 0 Å². The van der Waals surface area contributed by atoms with Crippen molar-refractivity contribution in [1.82, 2.24) is 10.3 Å². The standard InChI is InChI=1S/C19H34N4O3/c1-12(2)19(24)22-15-10-25-18-16(11-26-17(15)18)23(21)9-14(20)8-13-6-4-3-5-7-13/h9,12-13,15-18H,3-8,10-11,20-21H2,1-2H3,(H,22,24)/b14-9-. The third kappa shape index (κ3) is 4.50. The summed E-state index contributed by atoms with van der Waals surface area (Å²) in [7, 11) is 0. The van der Waals surface area contributed by atoms with Gasteiger partial charge in [-0.15, -0.1) is 0 Å². The molecule has 1 amide bonds. The quantitative estimate of drug-likeness (QED) is 0.483. The number of carbonyl (C=O) groups excluding carboxylic acids is 1. The van der Waals surface area contributed by atoms with Gasteiger partial charge in [0.2, 0.25) is 5.91 Å². The van der Waals surface area contributed by atoms with Gasteiger partial charge in [0.1, 0.15) is 12.2 Å². The van der Waals surface area contributed by atoms with E-state index < -0.39 is 0 Å². The number of hydrogen-bond acceptors (Lipinski definition) is 6. The molecule has 4 unspecified atom stereocenters. The van der Waals surface area contributed by atoms with Crippen LogP contribution in [0.3, 0.4) is 0 Å². The Bertz CT molecular complexity index is 519. The summed E-state index contributed by atoms with van der Waals surface area (Å²) in [5.74, 6) is 6.91. The average molecular weight is 367 g/mol. The predicted molar refractivity (Wildman–Crippen MR) is 99.5 cm³/mol. The van der Waals surface area contributed by atoms with E-state index in [0.717, 1.165) is 12.1 Å². The van der Waals surface area contributed by atoms with Gasteiger partial charge in [-0.2, -0.15) is 0 Å². The van der Waals surface area contributed by atoms with E-state index in [0.29, 0.717) is 19.1 Å². The zero-order valence-electron chi connectivity index (χ0n) is 16.0. The highest BCUT2D eigenvalue weighted by molar-refractivity contribution is 5.78. The lowest BCUT2D eigenvalue weighted by atomic mass is 9.86. The zero-order valence-corrected chi connectivity index (χ0v) is 16.0. The third-order valence-electron chi connectivity index (χ3n) is 5.83. The molecular weight excluding hydrogens is 332 g/mol. The minimum atomic E-state index is -0.151. The molecule has 2 heterocycles. The number of rotatable bonds is 6. The summed E-state index contributed by atoms with van der Waals surface area (Å²) in [5, 5.41) is 4.66. The summed E-state index contributed by atoms with van der Waals surface area (Å²) >= 11 is 0. The summed E-state index contributed by atoms with van der Waals surface area (Å²) in [6.07, 6.45) is 8.93. The van der Waals surface area contributed by atoms with E-state index >= 15 is 0 Å². The van der Waals surface area contributed by atoms with Gasteiger partial charge in [0.15, 0.2) is 0 Å². The van der Waals surface area contributed by atoms with Crippen LogP contribution in [0.2, 0.25) is 0 Å². The molecule has 3 rings (SSSR count). The molecule has 7 nitrogen and oxygen atoms in total. The van der Waals surface area contributed by atoms with Crippen molar-refractivity contribution in [3.05, 3.63) is 11.9 Å². The summed E-state index contributed by atoms with van der Waals surface area (Å²) in [6.45, 7) is 4.69. The monoisotopic (exact) mass is 366 g/mol. The van der Waals surface area contributed by atoms with E-state index in [1.807, 2.05) is 20.0 Å². The molecule has 0 aromatic heterocycles. The van der Waals surface area contributed by atoms with Crippen LogP contribution in [-0.4, -0.2) is 48.4 Å². The highest BCUT2D eigenvalue weighted by Gasteiger charge is 2.49. The lowest BCUT2D eigenvalue weighted by Gasteiger charge is -2.27. The molecule has 1 aliphatic carbocycles. The highest BCUT2D eigenvalue weighted by Crippen LogP contribution is 2.31. The Balaban J connectivity index is 1.53. The number of hydrogen-bond donors (Lipinski definition) is 3. The van der Waals surface area contributed by atoms with Crippen LogP contribution in [0.15, 0.2) is 11.9 Å². The molecule has 1 saturated carbocycles. The maximum atomic E-state index is 12.0. The van der Waals surface area contributed by atoms with Gasteiger partial charge in [0, 0.05) is 17.8 Å². The minimum absolute atomic E-state index is 0.0209. The molecule has 3 fully saturated rings. The number of nitrogens with zero attached hydrogens (tertiary/aromatic N) is 1. The van der Waals surface area contributed by atoms with Gasteiger partial charge in [-0.1, -0.05) is 46.0 Å². The van der Waals surface area contributed by atoms with E-state index in [9.17, 15) is 4.79 Å². The summed E-state index contributed by atoms with van der Waals surface area (Å²) < 4.78 is 11.8. The molecule has 0 bridgehead atoms. The number of hydrazine groups is 1. The van der Waals surface area contributed by atoms with E-state index in [-0.39, 0.29) is 36.1 Å². The number of ether oxygens (including phenoxy) is 2. The van der Waals surface area contributed by atoms with Gasteiger partial charge in [-0.25, -0.2) is 5.84 Å². The fourth-order valence-electron chi connectivity index (χ4n) is 4.27. The number of allylic oxidation sites excluding steroid dienone is 1. The Labute approximate surface area is 156 Å². The van der Waals surface area contributed by atoms with Crippen LogP contribution in [0, 0.1) is 11.8 Å². The first-order valence-electron chi connectivity index (χ1n) is 9.98. The summed E-state index contributed by atoms with van der Waals surface area (Å²) in [5.41, 5.74) is 7.06. The average Bonchev–Trinajstić information content (AvgIpc) is 3.18. The Kier molecular flexibility index (Phi) is 6.42. The number of amides is 1. The van der Waals surface area contributed by atoms with Crippen LogP contribution < -0.4 is 16.9 Å². The number of fused-ring (bicyclic) bond motifs is 1. The van der Waals surface area contributed by atoms with Gasteiger partial charge < -0.3 is 25.5 Å². The number of nitrogens with two attached hydrogens (primary N) is 2. The molecule has 26 heavy (non-hydrogen) atoms. The summed E-state index contributed by atoms with van der Waals surface area (Å²) in [4.78, 5) is 12.0. The second-order valence-electron chi connectivity index (χ2n) is 8.29. The zero-order chi connectivity index (χ0) is 18.7. The molecule has 2 aliphatic heterocycles. The van der Waals surface area contributed by atoms with Crippen LogP contribution in [0.25, 0.3) is 0 Å². The molecule has 0 spiro atoms. The first-order valence-corrected chi connectivity index (χ1v) is 9.98. The van der Waals surface area contributed by atoms with Crippen LogP contribution >= 0.6 is 0 Å². The SMILES string of the molecule is CC(C)C(=O)NC1COC2C1OCC2N(N)/C=C(\N)CC1CCCCC1. The third-order valence-corrected chi connectivity index (χ3v) is 5.83. The fourth-order valence-corrected chi connectivity index (χ4v) is 4.27. The Morgan fingerprint density at radius 3 is 2.58 bits per heavy atom. The van der Waals surface area contributed by atoms with Crippen LogP contribution in [-0.2, 0) is 14.3 Å². The van der Waals surface area contributed by atoms with E-state index in [1.165, 1.54) is 32.1 Å². The van der Waals surface area contributed by atoms with Gasteiger partial charge in [0.05, 0.1) is 25.3 Å². The van der Waals surface area contributed by atoms with Crippen LogP contribution in [0.5, 0.6) is 0 Å². The number of nitrogens with one attached hydrogen (secondary N) is 1. The second kappa shape index (κ2) is 8.59. The first-order chi connectivity index (χ1) is 12.5. The van der Waals surface area contributed by atoms with Crippen molar-refractivity contribution in [2.75, 3.05) is 13.2 Å². The molecule has 0 aromatic carbocycles. The van der Waals surface area contributed by atoms with Crippen molar-refractivity contribution in [2.24, 2.45) is 23.4 Å². The van der Waals surface area contributed by atoms with Crippen LogP contribution in [0.1, 0.15) is 52.4 Å². The van der Waals surface area contributed by atoms with Gasteiger partial charge in [0.25, 0.3) is 0 Å². The normalized spacial score (nSPS) is 32.7. The fraction of sp³-hybridized carbons (Fsp3) is 0.842. The minimum Gasteiger partial charge on any atom is -0.401 e. The van der Waals surface area contributed by atoms with Crippen molar-refractivity contribution in [2.45, 2.75) is 76.7 Å². The topological polar surface area (TPSA) is 103 Å². The molecule has 0 aromatic rings. The van der Waals surface area contributed by atoms with Crippen LogP contribution in [0.4, 0.5) is 0 Å². The molecular formula is C19H34N4O3. The van der Waals surface area contributed by atoms with Gasteiger partial charge in [-0.3, -0.25) is 4.79 Å². The lowest BCUT2D eigenvalue weighted by Crippen LogP contribution is -2.48. The first kappa shape index (κ1) is 19.5. The predicted octanol–water partition coefficient (Wildman–Crippen LogP) is 1.24. The van der Waals surface area contributed by atoms with Gasteiger partial charge in [-0.05, 0) is 12.3 Å². The van der Waals surface area contributed by atoms with Crippen molar-refractivity contribution in [1.29, 1.82) is 0 Å². The molecule has 5 N–H and O–H groups in total. The smallest absolute Gasteiger partial charge is 0.222 e. The number of carbonyl (C=O) groups is 1.